The molecule has 0 spiro atoms. The summed E-state index contributed by atoms with van der Waals surface area (Å²) in [5.41, 5.74) is 0.800. The molecule has 1 amide bonds. The Labute approximate surface area is 131 Å². The molecular formula is C16H25N3O3. The van der Waals surface area contributed by atoms with Gasteiger partial charge in [-0.3, -0.25) is 9.78 Å². The molecule has 122 valence electrons. The molecule has 0 fully saturated rings. The SMILES string of the molecule is CCCC(CCC)NC(=O)CNCc1cc(C(=O)O)ccn1. The summed E-state index contributed by atoms with van der Waals surface area (Å²) < 4.78 is 0. The minimum absolute atomic E-state index is 0.0405. The van der Waals surface area contributed by atoms with Gasteiger partial charge < -0.3 is 15.7 Å². The summed E-state index contributed by atoms with van der Waals surface area (Å²) in [6.45, 7) is 4.77. The number of amides is 1. The Morgan fingerprint density at radius 2 is 1.95 bits per heavy atom. The third-order valence-corrected chi connectivity index (χ3v) is 3.29. The number of rotatable bonds is 10. The van der Waals surface area contributed by atoms with Crippen LogP contribution >= 0.6 is 0 Å². The lowest BCUT2D eigenvalue weighted by molar-refractivity contribution is -0.121. The van der Waals surface area contributed by atoms with E-state index in [9.17, 15) is 9.59 Å². The van der Waals surface area contributed by atoms with Gasteiger partial charge in [-0.05, 0) is 25.0 Å². The van der Waals surface area contributed by atoms with Crippen molar-refractivity contribution < 1.29 is 14.7 Å². The predicted octanol–water partition coefficient (Wildman–Crippen LogP) is 1.95. The lowest BCUT2D eigenvalue weighted by Gasteiger charge is -2.17. The maximum atomic E-state index is 11.9. The Morgan fingerprint density at radius 1 is 1.27 bits per heavy atom. The third-order valence-electron chi connectivity index (χ3n) is 3.29. The maximum Gasteiger partial charge on any atom is 0.335 e. The minimum Gasteiger partial charge on any atom is -0.478 e. The van der Waals surface area contributed by atoms with Gasteiger partial charge in [0.1, 0.15) is 0 Å². The van der Waals surface area contributed by atoms with Crippen LogP contribution in [0.5, 0.6) is 0 Å². The summed E-state index contributed by atoms with van der Waals surface area (Å²) >= 11 is 0. The van der Waals surface area contributed by atoms with Crippen LogP contribution in [0.3, 0.4) is 0 Å². The van der Waals surface area contributed by atoms with Gasteiger partial charge in [0.2, 0.25) is 5.91 Å². The van der Waals surface area contributed by atoms with E-state index in [0.29, 0.717) is 12.2 Å². The van der Waals surface area contributed by atoms with Gasteiger partial charge in [0.05, 0.1) is 17.8 Å². The van der Waals surface area contributed by atoms with Crippen molar-refractivity contribution >= 4 is 11.9 Å². The number of hydrogen-bond donors (Lipinski definition) is 3. The van der Waals surface area contributed by atoms with Crippen LogP contribution in [0, 0.1) is 0 Å². The van der Waals surface area contributed by atoms with Crippen molar-refractivity contribution in [2.75, 3.05) is 6.54 Å². The molecule has 0 aliphatic heterocycles. The van der Waals surface area contributed by atoms with Crippen LogP contribution in [0.15, 0.2) is 18.3 Å². The van der Waals surface area contributed by atoms with Gasteiger partial charge >= 0.3 is 5.97 Å². The Kier molecular flexibility index (Phi) is 8.14. The smallest absolute Gasteiger partial charge is 0.335 e. The van der Waals surface area contributed by atoms with Gasteiger partial charge in [0, 0.05) is 18.8 Å². The van der Waals surface area contributed by atoms with E-state index in [-0.39, 0.29) is 24.1 Å². The lowest BCUT2D eigenvalue weighted by atomic mass is 10.1. The molecule has 0 aliphatic rings. The first kappa shape index (κ1) is 18.1. The molecule has 0 saturated heterocycles. The van der Waals surface area contributed by atoms with E-state index in [1.54, 1.807) is 0 Å². The molecule has 0 aromatic carbocycles. The fourth-order valence-electron chi connectivity index (χ4n) is 2.28. The second-order valence-corrected chi connectivity index (χ2v) is 5.29. The molecule has 0 aliphatic carbocycles. The first-order valence-electron chi connectivity index (χ1n) is 7.75. The molecule has 1 heterocycles. The molecule has 3 N–H and O–H groups in total. The van der Waals surface area contributed by atoms with E-state index in [1.165, 1.54) is 18.3 Å². The minimum atomic E-state index is -0.983. The monoisotopic (exact) mass is 307 g/mol. The zero-order valence-corrected chi connectivity index (χ0v) is 13.3. The number of carbonyl (C=O) groups excluding carboxylic acids is 1. The van der Waals surface area contributed by atoms with E-state index in [1.807, 2.05) is 0 Å². The Balaban J connectivity index is 2.38. The number of aromatic nitrogens is 1. The van der Waals surface area contributed by atoms with Gasteiger partial charge in [-0.1, -0.05) is 26.7 Å². The number of pyridine rings is 1. The van der Waals surface area contributed by atoms with Crippen LogP contribution in [0.2, 0.25) is 0 Å². The fraction of sp³-hybridized carbons (Fsp3) is 0.562. The highest BCUT2D eigenvalue weighted by molar-refractivity contribution is 5.87. The number of nitrogens with one attached hydrogen (secondary N) is 2. The van der Waals surface area contributed by atoms with Crippen molar-refractivity contribution in [3.8, 4) is 0 Å². The highest BCUT2D eigenvalue weighted by Gasteiger charge is 2.10. The molecule has 1 rings (SSSR count). The number of hydrogen-bond acceptors (Lipinski definition) is 4. The van der Waals surface area contributed by atoms with Crippen LogP contribution < -0.4 is 10.6 Å². The topological polar surface area (TPSA) is 91.3 Å². The zero-order chi connectivity index (χ0) is 16.4. The van der Waals surface area contributed by atoms with E-state index in [4.69, 9.17) is 5.11 Å². The van der Waals surface area contributed by atoms with Crippen molar-refractivity contribution in [3.05, 3.63) is 29.6 Å². The molecule has 6 nitrogen and oxygen atoms in total. The molecule has 1 aromatic rings. The normalized spacial score (nSPS) is 10.7. The second-order valence-electron chi connectivity index (χ2n) is 5.29. The summed E-state index contributed by atoms with van der Waals surface area (Å²) in [7, 11) is 0. The molecule has 0 saturated carbocycles. The number of aromatic carboxylic acids is 1. The first-order chi connectivity index (χ1) is 10.6. The van der Waals surface area contributed by atoms with E-state index in [2.05, 4.69) is 29.5 Å². The molecule has 0 atom stereocenters. The average molecular weight is 307 g/mol. The average Bonchev–Trinajstić information content (AvgIpc) is 2.48. The number of carboxylic acids is 1. The second kappa shape index (κ2) is 9.89. The van der Waals surface area contributed by atoms with Gasteiger partial charge in [-0.15, -0.1) is 0 Å². The highest BCUT2D eigenvalue weighted by Crippen LogP contribution is 2.04. The fourth-order valence-corrected chi connectivity index (χ4v) is 2.28. The number of carbonyl (C=O) groups is 2. The summed E-state index contributed by atoms with van der Waals surface area (Å²) in [5, 5.41) is 14.9. The predicted molar refractivity (Wildman–Crippen MR) is 84.6 cm³/mol. The molecule has 1 aromatic heterocycles. The summed E-state index contributed by atoms with van der Waals surface area (Å²) in [6, 6.07) is 3.18. The lowest BCUT2D eigenvalue weighted by Crippen LogP contribution is -2.40. The van der Waals surface area contributed by atoms with Crippen LogP contribution in [-0.2, 0) is 11.3 Å². The van der Waals surface area contributed by atoms with E-state index < -0.39 is 5.97 Å². The van der Waals surface area contributed by atoms with Crippen LogP contribution in [-0.4, -0.2) is 34.6 Å². The van der Waals surface area contributed by atoms with Gasteiger partial charge in [0.15, 0.2) is 0 Å². The van der Waals surface area contributed by atoms with Crippen LogP contribution in [0.25, 0.3) is 0 Å². The van der Waals surface area contributed by atoms with Gasteiger partial charge in [-0.25, -0.2) is 4.79 Å². The summed E-state index contributed by atoms with van der Waals surface area (Å²) in [6.07, 6.45) is 5.53. The molecule has 0 bridgehead atoms. The highest BCUT2D eigenvalue weighted by atomic mass is 16.4. The third kappa shape index (κ3) is 6.67. The Morgan fingerprint density at radius 3 is 2.55 bits per heavy atom. The standard InChI is InChI=1S/C16H25N3O3/c1-3-5-13(6-4-2)19-15(20)11-17-10-14-9-12(16(21)22)7-8-18-14/h7-9,13,17H,3-6,10-11H2,1-2H3,(H,19,20)(H,21,22). The van der Waals surface area contributed by atoms with Crippen molar-refractivity contribution in [1.29, 1.82) is 0 Å². The van der Waals surface area contributed by atoms with Crippen molar-refractivity contribution in [2.24, 2.45) is 0 Å². The first-order valence-corrected chi connectivity index (χ1v) is 7.75. The Bertz CT molecular complexity index is 485. The Hall–Kier alpha value is -1.95. The molecular weight excluding hydrogens is 282 g/mol. The molecule has 6 heteroatoms. The molecule has 0 unspecified atom stereocenters. The maximum absolute atomic E-state index is 11.9. The zero-order valence-electron chi connectivity index (χ0n) is 13.3. The number of carboxylic acid groups (broad SMARTS) is 1. The van der Waals surface area contributed by atoms with Gasteiger partial charge in [0.25, 0.3) is 0 Å². The molecule has 22 heavy (non-hydrogen) atoms. The largest absolute Gasteiger partial charge is 0.478 e. The number of nitrogens with zero attached hydrogens (tertiary/aromatic N) is 1. The van der Waals surface area contributed by atoms with Crippen molar-refractivity contribution in [1.82, 2.24) is 15.6 Å². The van der Waals surface area contributed by atoms with Crippen molar-refractivity contribution in [2.45, 2.75) is 52.1 Å². The summed E-state index contributed by atoms with van der Waals surface area (Å²) in [5.74, 6) is -1.02. The van der Waals surface area contributed by atoms with E-state index >= 15 is 0 Å². The summed E-state index contributed by atoms with van der Waals surface area (Å²) in [4.78, 5) is 26.8. The van der Waals surface area contributed by atoms with Gasteiger partial charge in [-0.2, -0.15) is 0 Å². The molecule has 0 radical (unpaired) electrons. The van der Waals surface area contributed by atoms with Crippen molar-refractivity contribution in [3.63, 3.8) is 0 Å². The van der Waals surface area contributed by atoms with E-state index in [0.717, 1.165) is 25.7 Å². The van der Waals surface area contributed by atoms with Crippen LogP contribution in [0.1, 0.15) is 55.6 Å². The quantitative estimate of drug-likeness (QED) is 0.614. The van der Waals surface area contributed by atoms with Crippen LogP contribution in [0.4, 0.5) is 0 Å².